The van der Waals surface area contributed by atoms with E-state index in [1.54, 1.807) is 6.92 Å². The van der Waals surface area contributed by atoms with Crippen molar-refractivity contribution < 1.29 is 28.2 Å². The van der Waals surface area contributed by atoms with Crippen molar-refractivity contribution in [1.29, 1.82) is 0 Å². The maximum atomic E-state index is 12.8. The number of rotatable bonds is 6. The zero-order chi connectivity index (χ0) is 16.8. The molecule has 2 N–H and O–H groups in total. The molecule has 0 amide bonds. The van der Waals surface area contributed by atoms with Crippen molar-refractivity contribution in [2.75, 3.05) is 39.4 Å². The van der Waals surface area contributed by atoms with E-state index in [1.165, 1.54) is 0 Å². The van der Waals surface area contributed by atoms with Gasteiger partial charge >= 0.3 is 12.6 Å². The van der Waals surface area contributed by atoms with Gasteiger partial charge in [-0.1, -0.05) is 0 Å². The Morgan fingerprint density at radius 2 is 2.04 bits per heavy atom. The van der Waals surface area contributed by atoms with E-state index < -0.39 is 30.5 Å². The molecule has 134 valence electrons. The molecule has 4 unspecified atom stereocenters. The second-order valence-electron chi connectivity index (χ2n) is 6.07. The number of hydrogen-bond donors (Lipinski definition) is 2. The van der Waals surface area contributed by atoms with Gasteiger partial charge in [-0.25, -0.2) is 0 Å². The Bertz CT molecular complexity index is 380. The van der Waals surface area contributed by atoms with Gasteiger partial charge in [-0.2, -0.15) is 8.78 Å². The first-order chi connectivity index (χ1) is 11.1. The van der Waals surface area contributed by atoms with E-state index in [0.29, 0.717) is 12.8 Å². The van der Waals surface area contributed by atoms with Crippen LogP contribution >= 0.6 is 0 Å². The molecule has 0 aromatic heterocycles. The van der Waals surface area contributed by atoms with Crippen LogP contribution in [0, 0.1) is 11.8 Å². The molecule has 0 spiro atoms. The Balaban J connectivity index is 2.13. The molecular formula is C15H26F2N2O4. The first kappa shape index (κ1) is 18.5. The predicted octanol–water partition coefficient (Wildman–Crippen LogP) is 0.450. The number of aliphatic hydroxyl groups is 1. The zero-order valence-electron chi connectivity index (χ0n) is 13.4. The largest absolute Gasteiger partial charge is 0.466 e. The van der Waals surface area contributed by atoms with Crippen LogP contribution in [0.25, 0.3) is 0 Å². The molecule has 6 nitrogen and oxygen atoms in total. The van der Waals surface area contributed by atoms with Gasteiger partial charge in [-0.15, -0.1) is 0 Å². The lowest BCUT2D eigenvalue weighted by molar-refractivity contribution is -0.206. The number of carbonyl (C=O) groups excluding carboxylic acids is 1. The van der Waals surface area contributed by atoms with Gasteiger partial charge in [0.15, 0.2) is 0 Å². The van der Waals surface area contributed by atoms with Gasteiger partial charge in [-0.05, 0) is 25.7 Å². The number of nitrogens with one attached hydrogen (secondary N) is 1. The highest BCUT2D eigenvalue weighted by Gasteiger charge is 2.45. The highest BCUT2D eigenvalue weighted by atomic mass is 19.3. The van der Waals surface area contributed by atoms with Gasteiger partial charge in [0.05, 0.1) is 18.6 Å². The fourth-order valence-corrected chi connectivity index (χ4v) is 3.70. The van der Waals surface area contributed by atoms with Crippen LogP contribution in [0.3, 0.4) is 0 Å². The summed E-state index contributed by atoms with van der Waals surface area (Å²) >= 11 is 0. The van der Waals surface area contributed by atoms with Crippen LogP contribution in [0.2, 0.25) is 0 Å². The molecule has 1 saturated heterocycles. The van der Waals surface area contributed by atoms with Crippen molar-refractivity contribution in [2.24, 2.45) is 11.8 Å². The van der Waals surface area contributed by atoms with Crippen molar-refractivity contribution in [3.63, 3.8) is 0 Å². The summed E-state index contributed by atoms with van der Waals surface area (Å²) in [5.74, 6) is -1.82. The Kier molecular flexibility index (Phi) is 7.13. The van der Waals surface area contributed by atoms with E-state index in [0.717, 1.165) is 26.2 Å². The van der Waals surface area contributed by atoms with E-state index >= 15 is 0 Å². The summed E-state index contributed by atoms with van der Waals surface area (Å²) in [6.07, 6.45) is 0.00719. The average Bonchev–Trinajstić information content (AvgIpc) is 2.54. The molecule has 0 radical (unpaired) electrons. The molecule has 1 aliphatic carbocycles. The zero-order valence-corrected chi connectivity index (χ0v) is 13.4. The fraction of sp³-hybridized carbons (Fsp3) is 0.933. The lowest BCUT2D eigenvalue weighted by Gasteiger charge is -2.44. The van der Waals surface area contributed by atoms with Crippen molar-refractivity contribution in [3.8, 4) is 0 Å². The summed E-state index contributed by atoms with van der Waals surface area (Å²) in [6.45, 7) is 2.01. The van der Waals surface area contributed by atoms with E-state index in [9.17, 15) is 18.7 Å². The minimum absolute atomic E-state index is 0.0312. The maximum absolute atomic E-state index is 12.8. The van der Waals surface area contributed by atoms with Crippen LogP contribution in [0.4, 0.5) is 8.78 Å². The second-order valence-corrected chi connectivity index (χ2v) is 6.07. The number of alkyl halides is 2. The van der Waals surface area contributed by atoms with Crippen LogP contribution in [-0.2, 0) is 14.3 Å². The normalized spacial score (nSPS) is 32.9. The monoisotopic (exact) mass is 336 g/mol. The summed E-state index contributed by atoms with van der Waals surface area (Å²) in [6, 6.07) is 0.0312. The Hall–Kier alpha value is -0.830. The van der Waals surface area contributed by atoms with Gasteiger partial charge < -0.3 is 19.9 Å². The Morgan fingerprint density at radius 1 is 1.35 bits per heavy atom. The highest BCUT2D eigenvalue weighted by molar-refractivity contribution is 5.73. The standard InChI is InChI=1S/C15H26F2N2O4/c1-2-22-14(21)13-10(9-20)7-11(8-12(13)23-15(16)17)19-5-3-18-4-6-19/h10-13,15,18,20H,2-9H2,1H3. The molecule has 2 rings (SSSR count). The van der Waals surface area contributed by atoms with Crippen LogP contribution < -0.4 is 5.32 Å². The lowest BCUT2D eigenvalue weighted by atomic mass is 9.74. The number of nitrogens with zero attached hydrogens (tertiary/aromatic N) is 1. The summed E-state index contributed by atoms with van der Waals surface area (Å²) in [7, 11) is 0. The van der Waals surface area contributed by atoms with Gasteiger partial charge in [-0.3, -0.25) is 9.69 Å². The molecule has 2 aliphatic rings. The summed E-state index contributed by atoms with van der Waals surface area (Å²) < 4.78 is 35.3. The predicted molar refractivity (Wildman–Crippen MR) is 79.0 cm³/mol. The van der Waals surface area contributed by atoms with Crippen LogP contribution in [0.1, 0.15) is 19.8 Å². The minimum Gasteiger partial charge on any atom is -0.466 e. The molecular weight excluding hydrogens is 310 g/mol. The topological polar surface area (TPSA) is 71.0 Å². The fourth-order valence-electron chi connectivity index (χ4n) is 3.70. The SMILES string of the molecule is CCOC(=O)C1C(CO)CC(N2CCNCC2)CC1OC(F)F. The molecule has 0 aromatic carbocycles. The number of carbonyl (C=O) groups is 1. The summed E-state index contributed by atoms with van der Waals surface area (Å²) in [4.78, 5) is 14.4. The number of esters is 1. The lowest BCUT2D eigenvalue weighted by Crippen LogP contribution is -2.55. The first-order valence-electron chi connectivity index (χ1n) is 8.22. The van der Waals surface area contributed by atoms with E-state index in [-0.39, 0.29) is 19.3 Å². The molecule has 2 fully saturated rings. The molecule has 1 aliphatic heterocycles. The van der Waals surface area contributed by atoms with Gasteiger partial charge in [0.2, 0.25) is 0 Å². The van der Waals surface area contributed by atoms with Gasteiger partial charge in [0, 0.05) is 38.8 Å². The minimum atomic E-state index is -2.95. The Morgan fingerprint density at radius 3 is 2.61 bits per heavy atom. The second kappa shape index (κ2) is 8.86. The van der Waals surface area contributed by atoms with E-state index in [1.807, 2.05) is 0 Å². The van der Waals surface area contributed by atoms with Crippen molar-refractivity contribution >= 4 is 5.97 Å². The number of hydrogen-bond acceptors (Lipinski definition) is 6. The van der Waals surface area contributed by atoms with Gasteiger partial charge in [0.1, 0.15) is 0 Å². The molecule has 4 atom stereocenters. The molecule has 0 bridgehead atoms. The third-order valence-corrected chi connectivity index (χ3v) is 4.73. The van der Waals surface area contributed by atoms with Crippen molar-refractivity contribution in [2.45, 2.75) is 38.5 Å². The number of ether oxygens (including phenoxy) is 2. The van der Waals surface area contributed by atoms with E-state index in [4.69, 9.17) is 9.47 Å². The number of halogens is 2. The van der Waals surface area contributed by atoms with Crippen LogP contribution in [0.15, 0.2) is 0 Å². The number of aliphatic hydroxyl groups excluding tert-OH is 1. The van der Waals surface area contributed by atoms with Crippen LogP contribution in [0.5, 0.6) is 0 Å². The molecule has 1 heterocycles. The summed E-state index contributed by atoms with van der Waals surface area (Å²) in [5, 5.41) is 12.9. The molecule has 8 heteroatoms. The maximum Gasteiger partial charge on any atom is 0.345 e. The molecule has 1 saturated carbocycles. The van der Waals surface area contributed by atoms with Crippen molar-refractivity contribution in [3.05, 3.63) is 0 Å². The quantitative estimate of drug-likeness (QED) is 0.687. The Labute approximate surface area is 135 Å². The third-order valence-electron chi connectivity index (χ3n) is 4.73. The average molecular weight is 336 g/mol. The number of piperazine rings is 1. The van der Waals surface area contributed by atoms with Crippen LogP contribution in [-0.4, -0.2) is 74.1 Å². The van der Waals surface area contributed by atoms with Crippen molar-refractivity contribution in [1.82, 2.24) is 10.2 Å². The smallest absolute Gasteiger partial charge is 0.345 e. The summed E-state index contributed by atoms with van der Waals surface area (Å²) in [5.41, 5.74) is 0. The molecule has 0 aromatic rings. The van der Waals surface area contributed by atoms with Gasteiger partial charge in [0.25, 0.3) is 0 Å². The third kappa shape index (κ3) is 4.82. The molecule has 23 heavy (non-hydrogen) atoms. The van der Waals surface area contributed by atoms with E-state index in [2.05, 4.69) is 10.2 Å². The highest BCUT2D eigenvalue weighted by Crippen LogP contribution is 2.36. The first-order valence-corrected chi connectivity index (χ1v) is 8.22.